The first-order valence-corrected chi connectivity index (χ1v) is 7.99. The van der Waals surface area contributed by atoms with Gasteiger partial charge in [-0.05, 0) is 31.0 Å². The quantitative estimate of drug-likeness (QED) is 0.805. The first kappa shape index (κ1) is 15.5. The molecule has 0 unspecified atom stereocenters. The topological polar surface area (TPSA) is 66.4 Å². The van der Waals surface area contributed by atoms with Crippen LogP contribution in [0.2, 0.25) is 0 Å². The van der Waals surface area contributed by atoms with Gasteiger partial charge in [0.2, 0.25) is 0 Å². The maximum absolute atomic E-state index is 12.1. The maximum atomic E-state index is 12.1. The maximum Gasteiger partial charge on any atom is 0.311 e. The van der Waals surface area contributed by atoms with Crippen molar-refractivity contribution in [3.63, 3.8) is 0 Å². The van der Waals surface area contributed by atoms with Crippen LogP contribution < -0.4 is 5.32 Å². The Morgan fingerprint density at radius 1 is 1.15 bits per heavy atom. The molecular formula is C14H15Br2NO3. The Hall–Kier alpha value is -0.880. The van der Waals surface area contributed by atoms with Gasteiger partial charge in [0.25, 0.3) is 5.91 Å². The predicted molar refractivity (Wildman–Crippen MR) is 82.7 cm³/mol. The highest BCUT2D eigenvalue weighted by Gasteiger charge is 2.41. The Labute approximate surface area is 134 Å². The third kappa shape index (κ3) is 3.41. The summed E-state index contributed by atoms with van der Waals surface area (Å²) in [5.41, 5.74) is -0.288. The van der Waals surface area contributed by atoms with E-state index in [2.05, 4.69) is 37.2 Å². The number of aliphatic carboxylic acids is 1. The van der Waals surface area contributed by atoms with E-state index in [4.69, 9.17) is 0 Å². The van der Waals surface area contributed by atoms with Crippen LogP contribution in [0.4, 0.5) is 0 Å². The largest absolute Gasteiger partial charge is 0.481 e. The minimum atomic E-state index is -0.814. The average Bonchev–Trinajstić information content (AvgIpc) is 2.84. The Morgan fingerprint density at radius 2 is 1.70 bits per heavy atom. The molecule has 1 aromatic carbocycles. The van der Waals surface area contributed by atoms with E-state index in [9.17, 15) is 14.7 Å². The van der Waals surface area contributed by atoms with Crippen LogP contribution in [0.15, 0.2) is 27.1 Å². The minimum absolute atomic E-state index is 0.186. The number of carbonyl (C=O) groups is 2. The molecule has 1 aromatic rings. The second-order valence-electron chi connectivity index (χ2n) is 5.13. The predicted octanol–water partition coefficient (Wildman–Crippen LogP) is 3.59. The molecule has 0 aliphatic heterocycles. The normalized spacial score (nSPS) is 16.9. The summed E-state index contributed by atoms with van der Waals surface area (Å²) in [6.07, 6.45) is 3.07. The van der Waals surface area contributed by atoms with Crippen molar-refractivity contribution in [1.82, 2.24) is 5.32 Å². The third-order valence-corrected chi connectivity index (χ3v) is 4.64. The van der Waals surface area contributed by atoms with E-state index in [0.29, 0.717) is 18.4 Å². The molecule has 1 aliphatic rings. The Balaban J connectivity index is 2.06. The molecule has 0 heterocycles. The first-order chi connectivity index (χ1) is 9.43. The molecule has 0 bridgehead atoms. The smallest absolute Gasteiger partial charge is 0.311 e. The Morgan fingerprint density at radius 3 is 2.20 bits per heavy atom. The SMILES string of the molecule is O=C(NCC1(C(=O)O)CCCC1)c1cc(Br)cc(Br)c1. The highest BCUT2D eigenvalue weighted by atomic mass is 79.9. The van der Waals surface area contributed by atoms with E-state index >= 15 is 0 Å². The van der Waals surface area contributed by atoms with Crippen LogP contribution in [0.5, 0.6) is 0 Å². The molecule has 2 rings (SSSR count). The van der Waals surface area contributed by atoms with Crippen molar-refractivity contribution in [2.45, 2.75) is 25.7 Å². The van der Waals surface area contributed by atoms with Gasteiger partial charge in [-0.3, -0.25) is 9.59 Å². The molecule has 1 fully saturated rings. The number of hydrogen-bond donors (Lipinski definition) is 2. The number of nitrogens with one attached hydrogen (secondary N) is 1. The highest BCUT2D eigenvalue weighted by Crippen LogP contribution is 2.37. The lowest BCUT2D eigenvalue weighted by Gasteiger charge is -2.24. The van der Waals surface area contributed by atoms with Gasteiger partial charge in [0.05, 0.1) is 5.41 Å². The summed E-state index contributed by atoms with van der Waals surface area (Å²) in [7, 11) is 0. The standard InChI is InChI=1S/C14H15Br2NO3/c15-10-5-9(6-11(16)7-10)12(18)17-8-14(13(19)20)3-1-2-4-14/h5-7H,1-4,8H2,(H,17,18)(H,19,20). The fourth-order valence-electron chi connectivity index (χ4n) is 2.55. The minimum Gasteiger partial charge on any atom is -0.481 e. The summed E-state index contributed by atoms with van der Waals surface area (Å²) >= 11 is 6.66. The molecule has 4 nitrogen and oxygen atoms in total. The number of carboxylic acid groups (broad SMARTS) is 1. The number of benzene rings is 1. The number of rotatable bonds is 4. The van der Waals surface area contributed by atoms with Crippen LogP contribution in [0.1, 0.15) is 36.0 Å². The van der Waals surface area contributed by atoms with Gasteiger partial charge in [-0.25, -0.2) is 0 Å². The summed E-state index contributed by atoms with van der Waals surface area (Å²) in [6.45, 7) is 0.186. The molecule has 0 spiro atoms. The Kier molecular flexibility index (Phi) is 4.86. The van der Waals surface area contributed by atoms with E-state index < -0.39 is 11.4 Å². The lowest BCUT2D eigenvalue weighted by Crippen LogP contribution is -2.41. The van der Waals surface area contributed by atoms with Crippen molar-refractivity contribution in [1.29, 1.82) is 0 Å². The molecule has 108 valence electrons. The molecule has 0 saturated heterocycles. The van der Waals surface area contributed by atoms with Gasteiger partial charge in [-0.2, -0.15) is 0 Å². The number of amides is 1. The molecule has 0 aromatic heterocycles. The van der Waals surface area contributed by atoms with Gasteiger partial charge in [-0.1, -0.05) is 44.7 Å². The van der Waals surface area contributed by atoms with E-state index in [1.807, 2.05) is 6.07 Å². The zero-order valence-corrected chi connectivity index (χ0v) is 14.0. The van der Waals surface area contributed by atoms with Crippen molar-refractivity contribution < 1.29 is 14.7 Å². The van der Waals surface area contributed by atoms with Crippen LogP contribution in [-0.2, 0) is 4.79 Å². The second kappa shape index (κ2) is 6.26. The van der Waals surface area contributed by atoms with Gasteiger partial charge in [0.15, 0.2) is 0 Å². The van der Waals surface area contributed by atoms with Crippen molar-refractivity contribution in [3.8, 4) is 0 Å². The highest BCUT2D eigenvalue weighted by molar-refractivity contribution is 9.11. The Bertz CT molecular complexity index is 519. The van der Waals surface area contributed by atoms with Crippen LogP contribution in [-0.4, -0.2) is 23.5 Å². The molecule has 1 saturated carbocycles. The lowest BCUT2D eigenvalue weighted by atomic mass is 9.86. The first-order valence-electron chi connectivity index (χ1n) is 6.41. The average molecular weight is 405 g/mol. The number of carbonyl (C=O) groups excluding carboxylic acids is 1. The number of hydrogen-bond acceptors (Lipinski definition) is 2. The molecule has 0 atom stereocenters. The molecular weight excluding hydrogens is 390 g/mol. The summed E-state index contributed by atoms with van der Waals surface area (Å²) in [5, 5.41) is 12.1. The summed E-state index contributed by atoms with van der Waals surface area (Å²) in [5.74, 6) is -1.06. The van der Waals surface area contributed by atoms with Crippen molar-refractivity contribution >= 4 is 43.7 Å². The van der Waals surface area contributed by atoms with Crippen molar-refractivity contribution in [2.75, 3.05) is 6.54 Å². The van der Waals surface area contributed by atoms with Crippen LogP contribution in [0.25, 0.3) is 0 Å². The van der Waals surface area contributed by atoms with Crippen LogP contribution in [0, 0.1) is 5.41 Å². The molecule has 20 heavy (non-hydrogen) atoms. The number of carboxylic acids is 1. The second-order valence-corrected chi connectivity index (χ2v) is 6.96. The zero-order valence-electron chi connectivity index (χ0n) is 10.8. The third-order valence-electron chi connectivity index (χ3n) is 3.73. The molecule has 1 amide bonds. The zero-order chi connectivity index (χ0) is 14.8. The van der Waals surface area contributed by atoms with Crippen molar-refractivity contribution in [3.05, 3.63) is 32.7 Å². The van der Waals surface area contributed by atoms with Gasteiger partial charge in [0, 0.05) is 21.1 Å². The summed E-state index contributed by atoms with van der Waals surface area (Å²) in [4.78, 5) is 23.5. The van der Waals surface area contributed by atoms with E-state index in [0.717, 1.165) is 21.8 Å². The number of halogens is 2. The van der Waals surface area contributed by atoms with E-state index in [1.54, 1.807) is 12.1 Å². The fraction of sp³-hybridized carbons (Fsp3) is 0.429. The van der Waals surface area contributed by atoms with Gasteiger partial charge >= 0.3 is 5.97 Å². The molecule has 2 N–H and O–H groups in total. The van der Waals surface area contributed by atoms with Crippen LogP contribution in [0.3, 0.4) is 0 Å². The summed E-state index contributed by atoms with van der Waals surface area (Å²) in [6, 6.07) is 5.26. The van der Waals surface area contributed by atoms with Gasteiger partial charge in [0.1, 0.15) is 0 Å². The van der Waals surface area contributed by atoms with Gasteiger partial charge in [-0.15, -0.1) is 0 Å². The van der Waals surface area contributed by atoms with E-state index in [1.165, 1.54) is 0 Å². The molecule has 6 heteroatoms. The van der Waals surface area contributed by atoms with Crippen LogP contribution >= 0.6 is 31.9 Å². The monoisotopic (exact) mass is 403 g/mol. The van der Waals surface area contributed by atoms with Crippen molar-refractivity contribution in [2.24, 2.45) is 5.41 Å². The lowest BCUT2D eigenvalue weighted by molar-refractivity contribution is -0.148. The fourth-order valence-corrected chi connectivity index (χ4v) is 3.85. The van der Waals surface area contributed by atoms with Gasteiger partial charge < -0.3 is 10.4 Å². The summed E-state index contributed by atoms with van der Waals surface area (Å²) < 4.78 is 1.59. The molecule has 1 aliphatic carbocycles. The molecule has 0 radical (unpaired) electrons. The van der Waals surface area contributed by atoms with E-state index in [-0.39, 0.29) is 12.5 Å².